The van der Waals surface area contributed by atoms with E-state index in [0.29, 0.717) is 13.0 Å². The number of hydrogen-bond donors (Lipinski definition) is 0. The lowest BCUT2D eigenvalue weighted by atomic mass is 9.90. The molecule has 1 unspecified atom stereocenters. The van der Waals surface area contributed by atoms with Gasteiger partial charge in [-0.2, -0.15) is 0 Å². The van der Waals surface area contributed by atoms with Crippen molar-refractivity contribution in [3.63, 3.8) is 0 Å². The zero-order valence-electron chi connectivity index (χ0n) is 11.9. The summed E-state index contributed by atoms with van der Waals surface area (Å²) in [6.07, 6.45) is 2.74. The van der Waals surface area contributed by atoms with Crippen molar-refractivity contribution in [3.05, 3.63) is 29.3 Å². The fourth-order valence-corrected chi connectivity index (χ4v) is 2.85. The third-order valence-corrected chi connectivity index (χ3v) is 4.01. The number of likely N-dealkylation sites (N-methyl/N-ethyl adjacent to an activating group) is 1. The molecule has 0 spiro atoms. The molecule has 1 aromatic carbocycles. The zero-order chi connectivity index (χ0) is 13.9. The van der Waals surface area contributed by atoms with E-state index in [1.54, 1.807) is 0 Å². The van der Waals surface area contributed by atoms with Crippen LogP contribution in [-0.2, 0) is 11.2 Å². The number of ketones is 1. The van der Waals surface area contributed by atoms with Crippen molar-refractivity contribution in [3.8, 4) is 5.75 Å². The van der Waals surface area contributed by atoms with Gasteiger partial charge in [-0.15, -0.1) is 0 Å². The quantitative estimate of drug-likeness (QED) is 0.845. The first kappa shape index (κ1) is 13.6. The highest BCUT2D eigenvalue weighted by atomic mass is 16.5. The number of fused-ring (bicyclic) bond motifs is 1. The molecule has 0 radical (unpaired) electrons. The molecular formula is C16H21NO3. The average Bonchev–Trinajstić information content (AvgIpc) is 2.46. The summed E-state index contributed by atoms with van der Waals surface area (Å²) in [5.41, 5.74) is 2.00. The van der Waals surface area contributed by atoms with E-state index in [-0.39, 0.29) is 11.9 Å². The second-order valence-corrected chi connectivity index (χ2v) is 5.66. The Morgan fingerprint density at radius 2 is 2.30 bits per heavy atom. The van der Waals surface area contributed by atoms with E-state index in [0.717, 1.165) is 49.4 Å². The smallest absolute Gasteiger partial charge is 0.163 e. The lowest BCUT2D eigenvalue weighted by Gasteiger charge is -2.29. The summed E-state index contributed by atoms with van der Waals surface area (Å²) in [5, 5.41) is 0. The number of carbonyl (C=O) groups excluding carboxylic acids is 1. The van der Waals surface area contributed by atoms with Crippen molar-refractivity contribution in [2.45, 2.75) is 25.4 Å². The normalized spacial score (nSPS) is 23.4. The summed E-state index contributed by atoms with van der Waals surface area (Å²) in [6.45, 7) is 3.16. The summed E-state index contributed by atoms with van der Waals surface area (Å²) in [7, 11) is 2.09. The Kier molecular flexibility index (Phi) is 4.03. The highest BCUT2D eigenvalue weighted by Gasteiger charge is 2.20. The highest BCUT2D eigenvalue weighted by molar-refractivity contribution is 5.98. The van der Waals surface area contributed by atoms with E-state index in [1.807, 2.05) is 18.2 Å². The van der Waals surface area contributed by atoms with E-state index in [2.05, 4.69) is 11.9 Å². The minimum Gasteiger partial charge on any atom is -0.491 e. The molecule has 0 amide bonds. The average molecular weight is 275 g/mol. The number of benzene rings is 1. The van der Waals surface area contributed by atoms with Gasteiger partial charge < -0.3 is 14.4 Å². The van der Waals surface area contributed by atoms with Crippen LogP contribution in [0.25, 0.3) is 0 Å². The maximum absolute atomic E-state index is 11.9. The Morgan fingerprint density at radius 1 is 1.40 bits per heavy atom. The Labute approximate surface area is 119 Å². The maximum atomic E-state index is 11.9. The molecule has 1 heterocycles. The molecule has 1 atom stereocenters. The van der Waals surface area contributed by atoms with Crippen molar-refractivity contribution in [2.24, 2.45) is 0 Å². The Bertz CT molecular complexity index is 500. The number of aryl methyl sites for hydroxylation is 1. The van der Waals surface area contributed by atoms with Crippen molar-refractivity contribution in [2.75, 3.05) is 33.4 Å². The maximum Gasteiger partial charge on any atom is 0.163 e. The van der Waals surface area contributed by atoms with Crippen LogP contribution in [-0.4, -0.2) is 50.1 Å². The van der Waals surface area contributed by atoms with E-state index in [4.69, 9.17) is 9.47 Å². The van der Waals surface area contributed by atoms with Crippen LogP contribution in [0.1, 0.15) is 28.8 Å². The van der Waals surface area contributed by atoms with Gasteiger partial charge in [0.15, 0.2) is 5.78 Å². The van der Waals surface area contributed by atoms with E-state index >= 15 is 0 Å². The molecular weight excluding hydrogens is 254 g/mol. The Morgan fingerprint density at radius 3 is 3.15 bits per heavy atom. The highest BCUT2D eigenvalue weighted by Crippen LogP contribution is 2.25. The minimum absolute atomic E-state index is 0.112. The van der Waals surface area contributed by atoms with Crippen LogP contribution in [0.15, 0.2) is 18.2 Å². The molecule has 108 valence electrons. The van der Waals surface area contributed by atoms with Crippen LogP contribution in [0, 0.1) is 0 Å². The van der Waals surface area contributed by atoms with Crippen molar-refractivity contribution in [1.82, 2.24) is 4.90 Å². The molecule has 1 aliphatic heterocycles. The fraction of sp³-hybridized carbons (Fsp3) is 0.562. The molecule has 2 aliphatic rings. The fourth-order valence-electron chi connectivity index (χ4n) is 2.85. The number of Topliss-reactive ketones (excluding diaryl/α,β-unsaturated/α-hetero) is 1. The van der Waals surface area contributed by atoms with Crippen LogP contribution >= 0.6 is 0 Å². The van der Waals surface area contributed by atoms with Crippen molar-refractivity contribution < 1.29 is 14.3 Å². The molecule has 0 bridgehead atoms. The Hall–Kier alpha value is -1.39. The summed E-state index contributed by atoms with van der Waals surface area (Å²) >= 11 is 0. The van der Waals surface area contributed by atoms with Gasteiger partial charge in [-0.3, -0.25) is 4.79 Å². The van der Waals surface area contributed by atoms with Gasteiger partial charge in [-0.25, -0.2) is 0 Å². The van der Waals surface area contributed by atoms with E-state index in [9.17, 15) is 4.79 Å². The lowest BCUT2D eigenvalue weighted by Crippen LogP contribution is -2.42. The summed E-state index contributed by atoms with van der Waals surface area (Å²) in [5.74, 6) is 1.01. The van der Waals surface area contributed by atoms with Crippen LogP contribution in [0.5, 0.6) is 5.75 Å². The van der Waals surface area contributed by atoms with Gasteiger partial charge in [0.25, 0.3) is 0 Å². The zero-order valence-corrected chi connectivity index (χ0v) is 11.9. The number of carbonyl (C=O) groups is 1. The van der Waals surface area contributed by atoms with Gasteiger partial charge in [0, 0.05) is 25.1 Å². The standard InChI is InChI=1S/C16H21NO3/c1-17-7-8-19-14(10-17)11-20-13-6-5-12-3-2-4-16(18)15(12)9-13/h5-6,9,14H,2-4,7-8,10-11H2,1H3. The number of hydrogen-bond acceptors (Lipinski definition) is 4. The number of rotatable bonds is 3. The molecule has 1 fully saturated rings. The molecule has 1 aliphatic carbocycles. The van der Waals surface area contributed by atoms with Crippen LogP contribution < -0.4 is 4.74 Å². The largest absolute Gasteiger partial charge is 0.491 e. The minimum atomic E-state index is 0.112. The molecule has 0 aromatic heterocycles. The van der Waals surface area contributed by atoms with Crippen molar-refractivity contribution >= 4 is 5.78 Å². The Balaban J connectivity index is 1.63. The molecule has 20 heavy (non-hydrogen) atoms. The molecule has 3 rings (SSSR count). The first-order chi connectivity index (χ1) is 9.72. The van der Waals surface area contributed by atoms with Gasteiger partial charge in [0.1, 0.15) is 18.5 Å². The number of ether oxygens (including phenoxy) is 2. The molecule has 4 nitrogen and oxygen atoms in total. The number of morpholine rings is 1. The summed E-state index contributed by atoms with van der Waals surface area (Å²) in [6, 6.07) is 5.88. The lowest BCUT2D eigenvalue weighted by molar-refractivity contribution is -0.0403. The van der Waals surface area contributed by atoms with Crippen LogP contribution in [0.4, 0.5) is 0 Å². The van der Waals surface area contributed by atoms with Crippen LogP contribution in [0.3, 0.4) is 0 Å². The monoisotopic (exact) mass is 275 g/mol. The molecule has 4 heteroatoms. The topological polar surface area (TPSA) is 38.8 Å². The third-order valence-electron chi connectivity index (χ3n) is 4.01. The SMILES string of the molecule is CN1CCOC(COc2ccc3c(c2)C(=O)CCC3)C1. The van der Waals surface area contributed by atoms with E-state index < -0.39 is 0 Å². The summed E-state index contributed by atoms with van der Waals surface area (Å²) in [4.78, 5) is 14.1. The molecule has 1 aromatic rings. The van der Waals surface area contributed by atoms with Gasteiger partial charge in [-0.1, -0.05) is 6.07 Å². The number of nitrogens with zero attached hydrogens (tertiary/aromatic N) is 1. The third kappa shape index (κ3) is 3.02. The summed E-state index contributed by atoms with van der Waals surface area (Å²) < 4.78 is 11.5. The van der Waals surface area contributed by atoms with Crippen LogP contribution in [0.2, 0.25) is 0 Å². The van der Waals surface area contributed by atoms with Gasteiger partial charge >= 0.3 is 0 Å². The molecule has 1 saturated heterocycles. The molecule has 0 saturated carbocycles. The van der Waals surface area contributed by atoms with Crippen molar-refractivity contribution in [1.29, 1.82) is 0 Å². The van der Waals surface area contributed by atoms with Gasteiger partial charge in [0.05, 0.1) is 6.61 Å². The first-order valence-electron chi connectivity index (χ1n) is 7.31. The van der Waals surface area contributed by atoms with Gasteiger partial charge in [-0.05, 0) is 37.6 Å². The first-order valence-corrected chi connectivity index (χ1v) is 7.31. The predicted octanol–water partition coefficient (Wildman–Crippen LogP) is 1.91. The van der Waals surface area contributed by atoms with Gasteiger partial charge in [0.2, 0.25) is 0 Å². The second kappa shape index (κ2) is 5.94. The predicted molar refractivity (Wildman–Crippen MR) is 76.4 cm³/mol. The molecule has 0 N–H and O–H groups in total. The van der Waals surface area contributed by atoms with E-state index in [1.165, 1.54) is 0 Å². The second-order valence-electron chi connectivity index (χ2n) is 5.66.